The summed E-state index contributed by atoms with van der Waals surface area (Å²) in [4.78, 5) is 11.3. The molecule has 32 heavy (non-hydrogen) atoms. The van der Waals surface area contributed by atoms with Gasteiger partial charge in [0.15, 0.2) is 5.58 Å². The van der Waals surface area contributed by atoms with Crippen molar-refractivity contribution in [2.24, 2.45) is 7.05 Å². The number of para-hydroxylation sites is 2. The zero-order chi connectivity index (χ0) is 23.1. The van der Waals surface area contributed by atoms with Crippen LogP contribution in [0.3, 0.4) is 0 Å². The summed E-state index contributed by atoms with van der Waals surface area (Å²) in [6, 6.07) is 13.9. The minimum atomic E-state index is -4.16. The first-order valence-corrected chi connectivity index (χ1v) is 12.0. The van der Waals surface area contributed by atoms with Gasteiger partial charge in [-0.2, -0.15) is 0 Å². The quantitative estimate of drug-likeness (QED) is 0.440. The number of benzene rings is 3. The number of fused-ring (bicyclic) bond motifs is 1. The molecule has 0 saturated heterocycles. The summed E-state index contributed by atoms with van der Waals surface area (Å²) in [5.74, 6) is -1.23. The minimum Gasteiger partial charge on any atom is -0.408 e. The number of rotatable bonds is 6. The van der Waals surface area contributed by atoms with Crippen molar-refractivity contribution in [1.29, 1.82) is 0 Å². The van der Waals surface area contributed by atoms with E-state index in [0.717, 1.165) is 24.3 Å². The monoisotopic (exact) mass is 477 g/mol. The van der Waals surface area contributed by atoms with Crippen LogP contribution in [-0.4, -0.2) is 21.4 Å². The Morgan fingerprint density at radius 1 is 0.812 bits per heavy atom. The Balaban J connectivity index is 1.67. The number of aromatic nitrogens is 1. The average Bonchev–Trinajstić information content (AvgIpc) is 3.02. The normalized spacial score (nSPS) is 12.1. The molecule has 0 spiro atoms. The number of hydrogen-bond donors (Lipinski definition) is 2. The third-order valence-corrected chi connectivity index (χ3v) is 7.36. The highest BCUT2D eigenvalue weighted by molar-refractivity contribution is 7.93. The Kier molecular flexibility index (Phi) is 5.26. The predicted octanol–water partition coefficient (Wildman–Crippen LogP) is 2.87. The molecule has 0 radical (unpaired) electrons. The van der Waals surface area contributed by atoms with Gasteiger partial charge in [0.1, 0.15) is 5.82 Å². The van der Waals surface area contributed by atoms with Gasteiger partial charge in [0.2, 0.25) is 0 Å². The highest BCUT2D eigenvalue weighted by Gasteiger charge is 2.21. The van der Waals surface area contributed by atoms with Crippen LogP contribution in [-0.2, 0) is 27.1 Å². The van der Waals surface area contributed by atoms with E-state index in [4.69, 9.17) is 4.42 Å². The fourth-order valence-electron chi connectivity index (χ4n) is 2.96. The third kappa shape index (κ3) is 4.09. The summed E-state index contributed by atoms with van der Waals surface area (Å²) in [5, 5.41) is 0. The predicted molar refractivity (Wildman–Crippen MR) is 116 cm³/mol. The second-order valence-corrected chi connectivity index (χ2v) is 10.1. The van der Waals surface area contributed by atoms with E-state index in [1.807, 2.05) is 0 Å². The van der Waals surface area contributed by atoms with Gasteiger partial charge in [0, 0.05) is 13.1 Å². The molecule has 12 heteroatoms. The van der Waals surface area contributed by atoms with E-state index in [1.54, 1.807) is 0 Å². The first kappa shape index (κ1) is 21.6. The van der Waals surface area contributed by atoms with Gasteiger partial charge in [-0.25, -0.2) is 26.0 Å². The molecule has 0 saturated carbocycles. The fraction of sp³-hybridized carbons (Fsp3) is 0.0500. The molecule has 0 bridgehead atoms. The van der Waals surface area contributed by atoms with Crippen molar-refractivity contribution in [1.82, 2.24) is 4.57 Å². The van der Waals surface area contributed by atoms with Crippen molar-refractivity contribution in [2.45, 2.75) is 9.79 Å². The van der Waals surface area contributed by atoms with Crippen LogP contribution in [0.25, 0.3) is 11.1 Å². The molecular formula is C20H16FN3O6S2. The summed E-state index contributed by atoms with van der Waals surface area (Å²) in [7, 11) is -6.78. The molecule has 2 N–H and O–H groups in total. The molecule has 0 aliphatic carbocycles. The van der Waals surface area contributed by atoms with Crippen molar-refractivity contribution < 1.29 is 25.6 Å². The second-order valence-electron chi connectivity index (χ2n) is 6.77. The van der Waals surface area contributed by atoms with Gasteiger partial charge in [-0.05, 0) is 48.5 Å². The number of aryl methyl sites for hydroxylation is 1. The lowest BCUT2D eigenvalue weighted by molar-refractivity contribution is 0.527. The minimum absolute atomic E-state index is 0.0344. The van der Waals surface area contributed by atoms with E-state index in [0.29, 0.717) is 5.52 Å². The van der Waals surface area contributed by atoms with Gasteiger partial charge in [0.25, 0.3) is 20.0 Å². The highest BCUT2D eigenvalue weighted by Crippen LogP contribution is 2.28. The van der Waals surface area contributed by atoms with Gasteiger partial charge in [-0.3, -0.25) is 14.0 Å². The summed E-state index contributed by atoms with van der Waals surface area (Å²) >= 11 is 0. The lowest BCUT2D eigenvalue weighted by Gasteiger charge is -2.14. The average molecular weight is 477 g/mol. The number of nitrogens with zero attached hydrogens (tertiary/aromatic N) is 1. The molecule has 0 aliphatic heterocycles. The number of halogens is 1. The van der Waals surface area contributed by atoms with E-state index in [1.165, 1.54) is 54.1 Å². The maximum Gasteiger partial charge on any atom is 0.419 e. The molecule has 9 nitrogen and oxygen atoms in total. The SMILES string of the molecule is Cn1c(=O)oc2cc(S(=O)(=O)Nc3ccccc3NS(=O)(=O)c3ccc(F)cc3)ccc21. The number of hydrogen-bond acceptors (Lipinski definition) is 6. The second kappa shape index (κ2) is 7.80. The molecule has 3 aromatic carbocycles. The molecule has 0 amide bonds. The first-order chi connectivity index (χ1) is 15.1. The number of oxazole rings is 1. The molecule has 166 valence electrons. The van der Waals surface area contributed by atoms with Gasteiger partial charge in [-0.15, -0.1) is 0 Å². The Labute approximate surface area is 182 Å². The number of anilines is 2. The summed E-state index contributed by atoms with van der Waals surface area (Å²) in [6.45, 7) is 0. The molecule has 1 aromatic heterocycles. The molecule has 0 aliphatic rings. The van der Waals surface area contributed by atoms with Gasteiger partial charge in [-0.1, -0.05) is 12.1 Å². The maximum atomic E-state index is 13.1. The zero-order valence-corrected chi connectivity index (χ0v) is 18.1. The molecule has 4 aromatic rings. The van der Waals surface area contributed by atoms with Gasteiger partial charge >= 0.3 is 5.76 Å². The summed E-state index contributed by atoms with van der Waals surface area (Å²) < 4.78 is 75.1. The maximum absolute atomic E-state index is 13.1. The van der Waals surface area contributed by atoms with Gasteiger partial charge in [0.05, 0.1) is 26.7 Å². The molecular weight excluding hydrogens is 461 g/mol. The molecule has 1 heterocycles. The van der Waals surface area contributed by atoms with Crippen LogP contribution in [0.5, 0.6) is 0 Å². The topological polar surface area (TPSA) is 127 Å². The van der Waals surface area contributed by atoms with Crippen LogP contribution in [0, 0.1) is 5.82 Å². The van der Waals surface area contributed by atoms with E-state index >= 15 is 0 Å². The Bertz CT molecular complexity index is 1590. The first-order valence-electron chi connectivity index (χ1n) is 9.07. The van der Waals surface area contributed by atoms with Crippen LogP contribution in [0.4, 0.5) is 15.8 Å². The molecule has 0 atom stereocenters. The smallest absolute Gasteiger partial charge is 0.408 e. The van der Waals surface area contributed by atoms with Gasteiger partial charge < -0.3 is 4.42 Å². The lowest BCUT2D eigenvalue weighted by atomic mass is 10.3. The summed E-state index contributed by atoms with van der Waals surface area (Å²) in [6.07, 6.45) is 0. The van der Waals surface area contributed by atoms with E-state index in [-0.39, 0.29) is 26.7 Å². The van der Waals surface area contributed by atoms with Crippen LogP contribution < -0.4 is 15.2 Å². The summed E-state index contributed by atoms with van der Waals surface area (Å²) in [5.41, 5.74) is 0.438. The Hall–Kier alpha value is -3.64. The number of nitrogens with one attached hydrogen (secondary N) is 2. The van der Waals surface area contributed by atoms with Crippen LogP contribution in [0.1, 0.15) is 0 Å². The van der Waals surface area contributed by atoms with Crippen molar-refractivity contribution in [2.75, 3.05) is 9.44 Å². The zero-order valence-electron chi connectivity index (χ0n) is 16.4. The van der Waals surface area contributed by atoms with Crippen LogP contribution in [0.2, 0.25) is 0 Å². The van der Waals surface area contributed by atoms with Crippen molar-refractivity contribution in [3.8, 4) is 0 Å². The van der Waals surface area contributed by atoms with Crippen molar-refractivity contribution in [3.05, 3.63) is 83.1 Å². The largest absolute Gasteiger partial charge is 0.419 e. The highest BCUT2D eigenvalue weighted by atomic mass is 32.2. The Morgan fingerprint density at radius 3 is 1.94 bits per heavy atom. The molecule has 4 rings (SSSR count). The van der Waals surface area contributed by atoms with E-state index < -0.39 is 31.6 Å². The van der Waals surface area contributed by atoms with Crippen molar-refractivity contribution >= 4 is 42.5 Å². The third-order valence-electron chi connectivity index (χ3n) is 4.61. The van der Waals surface area contributed by atoms with E-state index in [2.05, 4.69) is 9.44 Å². The van der Waals surface area contributed by atoms with Crippen LogP contribution >= 0.6 is 0 Å². The molecule has 0 fully saturated rings. The standard InChI is InChI=1S/C20H16FN3O6S2/c1-24-18-11-10-15(12-19(18)30-20(24)25)32(28,29)23-17-5-3-2-4-16(17)22-31(26,27)14-8-6-13(21)7-9-14/h2-12,22-23H,1H3. The van der Waals surface area contributed by atoms with Crippen LogP contribution in [0.15, 0.2) is 85.7 Å². The number of sulfonamides is 2. The molecule has 0 unspecified atom stereocenters. The Morgan fingerprint density at radius 2 is 1.34 bits per heavy atom. The van der Waals surface area contributed by atoms with E-state index in [9.17, 15) is 26.0 Å². The van der Waals surface area contributed by atoms with Crippen molar-refractivity contribution in [3.63, 3.8) is 0 Å². The fourth-order valence-corrected chi connectivity index (χ4v) is 5.14. The lowest BCUT2D eigenvalue weighted by Crippen LogP contribution is -2.17.